The molecule has 3 aromatic rings. The van der Waals surface area contributed by atoms with E-state index in [9.17, 15) is 10.2 Å². The van der Waals surface area contributed by atoms with Crippen molar-refractivity contribution in [3.8, 4) is 5.75 Å². The van der Waals surface area contributed by atoms with Crippen molar-refractivity contribution in [1.82, 2.24) is 4.98 Å². The summed E-state index contributed by atoms with van der Waals surface area (Å²) in [6, 6.07) is 16.3. The fourth-order valence-electron chi connectivity index (χ4n) is 3.96. The Hall–Kier alpha value is -3.09. The van der Waals surface area contributed by atoms with Crippen molar-refractivity contribution in [3.05, 3.63) is 77.6 Å². The van der Waals surface area contributed by atoms with Crippen LogP contribution in [0, 0.1) is 6.92 Å². The van der Waals surface area contributed by atoms with Crippen LogP contribution in [0.1, 0.15) is 35.3 Å². The third-order valence-corrected chi connectivity index (χ3v) is 5.70. The lowest BCUT2D eigenvalue weighted by Crippen LogP contribution is -2.22. The molecule has 2 heterocycles. The third-order valence-electron chi connectivity index (χ3n) is 5.70. The van der Waals surface area contributed by atoms with Gasteiger partial charge in [0.15, 0.2) is 6.29 Å². The van der Waals surface area contributed by atoms with Gasteiger partial charge in [-0.05, 0) is 42.7 Å². The second-order valence-electron chi connectivity index (χ2n) is 7.62. The third kappa shape index (κ3) is 4.10. The minimum Gasteiger partial charge on any atom is -0.493 e. The number of fused-ring (bicyclic) bond motifs is 1. The average molecular weight is 405 g/mol. The first-order valence-electron chi connectivity index (χ1n) is 10.1. The van der Waals surface area contributed by atoms with E-state index >= 15 is 0 Å². The van der Waals surface area contributed by atoms with Gasteiger partial charge in [0, 0.05) is 48.7 Å². The highest BCUT2D eigenvalue weighted by molar-refractivity contribution is 5.67. The molecule has 156 valence electrons. The first-order valence-corrected chi connectivity index (χ1v) is 10.1. The number of benzene rings is 2. The molecule has 0 saturated carbocycles. The van der Waals surface area contributed by atoms with E-state index in [0.29, 0.717) is 24.4 Å². The van der Waals surface area contributed by atoms with E-state index in [1.807, 2.05) is 12.1 Å². The summed E-state index contributed by atoms with van der Waals surface area (Å²) in [6.45, 7) is 3.42. The fourth-order valence-corrected chi connectivity index (χ4v) is 3.96. The van der Waals surface area contributed by atoms with Crippen LogP contribution in [0.5, 0.6) is 5.75 Å². The zero-order chi connectivity index (χ0) is 21.1. The summed E-state index contributed by atoms with van der Waals surface area (Å²) in [6.07, 6.45) is 2.53. The Labute approximate surface area is 176 Å². The summed E-state index contributed by atoms with van der Waals surface area (Å²) in [5, 5.41) is 22.4. The van der Waals surface area contributed by atoms with E-state index in [-0.39, 0.29) is 5.92 Å². The fraction of sp³-hybridized carbons (Fsp3) is 0.292. The number of nitrogens with zero attached hydrogens (tertiary/aromatic N) is 2. The molecule has 0 fully saturated rings. The van der Waals surface area contributed by atoms with Crippen LogP contribution in [0.15, 0.2) is 60.9 Å². The predicted molar refractivity (Wildman–Crippen MR) is 118 cm³/mol. The van der Waals surface area contributed by atoms with Crippen LogP contribution < -0.4 is 15.0 Å². The van der Waals surface area contributed by atoms with Gasteiger partial charge in [0.25, 0.3) is 0 Å². The summed E-state index contributed by atoms with van der Waals surface area (Å²) in [5.41, 5.74) is 5.68. The second-order valence-corrected chi connectivity index (χ2v) is 7.62. The zero-order valence-electron chi connectivity index (χ0n) is 17.2. The molecule has 0 bridgehead atoms. The van der Waals surface area contributed by atoms with Gasteiger partial charge in [-0.1, -0.05) is 24.3 Å². The number of aromatic nitrogens is 1. The number of anilines is 3. The number of rotatable bonds is 6. The minimum atomic E-state index is -1.53. The molecule has 2 aromatic carbocycles. The molecular weight excluding hydrogens is 378 g/mol. The quantitative estimate of drug-likeness (QED) is 0.536. The number of aliphatic hydroxyl groups is 2. The van der Waals surface area contributed by atoms with Crippen LogP contribution in [0.3, 0.4) is 0 Å². The van der Waals surface area contributed by atoms with E-state index in [1.165, 1.54) is 5.56 Å². The number of aryl methyl sites for hydroxylation is 1. The normalized spacial score (nSPS) is 15.4. The molecule has 1 aromatic heterocycles. The van der Waals surface area contributed by atoms with E-state index in [2.05, 4.69) is 59.5 Å². The van der Waals surface area contributed by atoms with Gasteiger partial charge in [-0.2, -0.15) is 0 Å². The van der Waals surface area contributed by atoms with Crippen LogP contribution in [0.4, 0.5) is 17.1 Å². The molecule has 3 N–H and O–H groups in total. The molecule has 1 aliphatic rings. The molecule has 30 heavy (non-hydrogen) atoms. The molecule has 1 aliphatic heterocycles. The van der Waals surface area contributed by atoms with Crippen molar-refractivity contribution in [3.63, 3.8) is 0 Å². The highest BCUT2D eigenvalue weighted by atomic mass is 16.5. The summed E-state index contributed by atoms with van der Waals surface area (Å²) in [5.74, 6) is 1.16. The number of hydrogen-bond donors (Lipinski definition) is 3. The minimum absolute atomic E-state index is 0.260. The van der Waals surface area contributed by atoms with E-state index in [0.717, 1.165) is 29.1 Å². The molecule has 0 radical (unpaired) electrons. The number of aliphatic hydroxyl groups excluding tert-OH is 1. The van der Waals surface area contributed by atoms with Gasteiger partial charge < -0.3 is 25.2 Å². The van der Waals surface area contributed by atoms with E-state index in [4.69, 9.17) is 4.74 Å². The van der Waals surface area contributed by atoms with E-state index < -0.39 is 6.29 Å². The highest BCUT2D eigenvalue weighted by Crippen LogP contribution is 2.38. The topological polar surface area (TPSA) is 77.9 Å². The molecule has 0 spiro atoms. The van der Waals surface area contributed by atoms with Gasteiger partial charge in [-0.25, -0.2) is 0 Å². The van der Waals surface area contributed by atoms with Gasteiger partial charge in [-0.15, -0.1) is 0 Å². The number of hydrogen-bond acceptors (Lipinski definition) is 6. The lowest BCUT2D eigenvalue weighted by Gasteiger charge is -2.29. The van der Waals surface area contributed by atoms with E-state index in [1.54, 1.807) is 18.5 Å². The number of pyridine rings is 1. The van der Waals surface area contributed by atoms with Crippen LogP contribution in [-0.4, -0.2) is 35.4 Å². The predicted octanol–water partition coefficient (Wildman–Crippen LogP) is 4.12. The van der Waals surface area contributed by atoms with Crippen molar-refractivity contribution >= 4 is 17.1 Å². The first-order chi connectivity index (χ1) is 14.5. The lowest BCUT2D eigenvalue weighted by atomic mass is 9.92. The maximum absolute atomic E-state index is 9.56. The molecule has 1 atom stereocenters. The smallest absolute Gasteiger partial charge is 0.180 e. The largest absolute Gasteiger partial charge is 0.493 e. The van der Waals surface area contributed by atoms with Crippen molar-refractivity contribution < 1.29 is 14.9 Å². The van der Waals surface area contributed by atoms with Gasteiger partial charge in [0.2, 0.25) is 0 Å². The molecule has 6 heteroatoms. The summed E-state index contributed by atoms with van der Waals surface area (Å²) >= 11 is 0. The van der Waals surface area contributed by atoms with Crippen molar-refractivity contribution in [2.75, 3.05) is 30.4 Å². The van der Waals surface area contributed by atoms with Gasteiger partial charge >= 0.3 is 0 Å². The van der Waals surface area contributed by atoms with Crippen molar-refractivity contribution in [1.29, 1.82) is 0 Å². The second kappa shape index (κ2) is 8.73. The number of nitrogens with one attached hydrogen (secondary N) is 1. The average Bonchev–Trinajstić information content (AvgIpc) is 2.77. The Bertz CT molecular complexity index is 1020. The molecular formula is C24H27N3O3. The number of ether oxygens (including phenoxy) is 1. The maximum Gasteiger partial charge on any atom is 0.180 e. The summed E-state index contributed by atoms with van der Waals surface area (Å²) in [4.78, 5) is 6.26. The Morgan fingerprint density at radius 3 is 2.83 bits per heavy atom. The molecule has 0 saturated heterocycles. The Kier molecular flexibility index (Phi) is 5.88. The standard InChI is InChI=1S/C24H27N3O3/c1-16-5-3-4-6-22(16)27(2)18-7-8-19-17(10-12-30-23(19)13-18)14-26-21-15-25-11-9-20(21)24(28)29/h3-9,11,13,15,17,24,26,28-29H,10,12,14H2,1-2H3/t17-/m0/s1. The van der Waals surface area contributed by atoms with Gasteiger partial charge in [0.05, 0.1) is 18.5 Å². The van der Waals surface area contributed by atoms with Crippen LogP contribution in [0.2, 0.25) is 0 Å². The van der Waals surface area contributed by atoms with Crippen LogP contribution in [-0.2, 0) is 0 Å². The first kappa shape index (κ1) is 20.2. The van der Waals surface area contributed by atoms with Gasteiger partial charge in [0.1, 0.15) is 5.75 Å². The lowest BCUT2D eigenvalue weighted by molar-refractivity contribution is -0.0419. The van der Waals surface area contributed by atoms with Gasteiger partial charge in [-0.3, -0.25) is 4.98 Å². The molecule has 0 unspecified atom stereocenters. The Balaban J connectivity index is 1.53. The van der Waals surface area contributed by atoms with Crippen LogP contribution in [0.25, 0.3) is 0 Å². The highest BCUT2D eigenvalue weighted by Gasteiger charge is 2.23. The summed E-state index contributed by atoms with van der Waals surface area (Å²) < 4.78 is 5.98. The Morgan fingerprint density at radius 2 is 2.03 bits per heavy atom. The number of para-hydroxylation sites is 1. The molecule has 4 rings (SSSR count). The Morgan fingerprint density at radius 1 is 1.20 bits per heavy atom. The molecule has 0 amide bonds. The summed E-state index contributed by atoms with van der Waals surface area (Å²) in [7, 11) is 2.07. The van der Waals surface area contributed by atoms with Crippen molar-refractivity contribution in [2.24, 2.45) is 0 Å². The molecule has 6 nitrogen and oxygen atoms in total. The molecule has 0 aliphatic carbocycles. The van der Waals surface area contributed by atoms with Crippen LogP contribution >= 0.6 is 0 Å². The SMILES string of the molecule is Cc1ccccc1N(C)c1ccc2c(c1)OCC[C@H]2CNc1cnccc1C(O)O. The zero-order valence-corrected chi connectivity index (χ0v) is 17.2. The van der Waals surface area contributed by atoms with Crippen molar-refractivity contribution in [2.45, 2.75) is 25.6 Å². The monoisotopic (exact) mass is 405 g/mol. The maximum atomic E-state index is 9.56.